The summed E-state index contributed by atoms with van der Waals surface area (Å²) in [6.45, 7) is 4.40. The molecule has 0 unspecified atom stereocenters. The molecule has 2 N–H and O–H groups in total. The van der Waals surface area contributed by atoms with E-state index in [-0.39, 0.29) is 18.4 Å². The number of hydrogen-bond donors (Lipinski definition) is 2. The Hall–Kier alpha value is -2.03. The van der Waals surface area contributed by atoms with E-state index in [2.05, 4.69) is 25.1 Å². The number of rotatable bonds is 6. The Morgan fingerprint density at radius 3 is 2.79 bits per heavy atom. The van der Waals surface area contributed by atoms with Gasteiger partial charge in [-0.3, -0.25) is 14.7 Å². The van der Waals surface area contributed by atoms with Crippen molar-refractivity contribution in [2.24, 2.45) is 5.92 Å². The van der Waals surface area contributed by atoms with Crippen molar-refractivity contribution in [3.63, 3.8) is 0 Å². The minimum Gasteiger partial charge on any atom is -0.390 e. The minimum absolute atomic E-state index is 0.00449. The van der Waals surface area contributed by atoms with Gasteiger partial charge in [0.05, 0.1) is 30.5 Å². The first kappa shape index (κ1) is 20.3. The Morgan fingerprint density at radius 2 is 2.07 bits per heavy atom. The van der Waals surface area contributed by atoms with Gasteiger partial charge in [0.15, 0.2) is 5.13 Å². The summed E-state index contributed by atoms with van der Waals surface area (Å²) >= 11 is 1.61. The first-order valence-electron chi connectivity index (χ1n) is 10.4. The van der Waals surface area contributed by atoms with Crippen LogP contribution in [0.2, 0.25) is 0 Å². The van der Waals surface area contributed by atoms with Crippen molar-refractivity contribution in [1.29, 1.82) is 0 Å². The van der Waals surface area contributed by atoms with Gasteiger partial charge in [-0.1, -0.05) is 6.07 Å². The highest BCUT2D eigenvalue weighted by Crippen LogP contribution is 2.28. The van der Waals surface area contributed by atoms with Crippen molar-refractivity contribution in [3.8, 4) is 0 Å². The molecule has 0 aromatic carbocycles. The predicted molar refractivity (Wildman–Crippen MR) is 114 cm³/mol. The third-order valence-electron chi connectivity index (χ3n) is 5.95. The number of hydrogen-bond acceptors (Lipinski definition) is 7. The van der Waals surface area contributed by atoms with Crippen molar-refractivity contribution in [3.05, 3.63) is 41.2 Å². The molecule has 0 spiro atoms. The molecule has 1 atom stereocenters. The number of aliphatic hydroxyl groups excluding tert-OH is 1. The Labute approximate surface area is 175 Å². The van der Waals surface area contributed by atoms with Crippen LogP contribution in [0.4, 0.5) is 5.13 Å². The summed E-state index contributed by atoms with van der Waals surface area (Å²) in [6.07, 6.45) is 5.99. The van der Waals surface area contributed by atoms with E-state index in [1.807, 2.05) is 23.6 Å². The van der Waals surface area contributed by atoms with Gasteiger partial charge in [0, 0.05) is 37.3 Å². The normalized spacial score (nSPS) is 21.3. The van der Waals surface area contributed by atoms with Crippen LogP contribution in [0.3, 0.4) is 0 Å². The topological polar surface area (TPSA) is 81.6 Å². The molecule has 8 heteroatoms. The number of likely N-dealkylation sites (tertiary alicyclic amines) is 1. The second-order valence-corrected chi connectivity index (χ2v) is 8.71. The third-order valence-corrected chi connectivity index (χ3v) is 6.90. The molecule has 2 aliphatic rings. The highest BCUT2D eigenvalue weighted by molar-refractivity contribution is 7.13. The van der Waals surface area contributed by atoms with E-state index in [1.54, 1.807) is 17.5 Å². The van der Waals surface area contributed by atoms with Gasteiger partial charge in [0.2, 0.25) is 5.91 Å². The molecule has 0 saturated carbocycles. The summed E-state index contributed by atoms with van der Waals surface area (Å²) in [5.74, 6) is 0.216. The van der Waals surface area contributed by atoms with Crippen LogP contribution in [0.25, 0.3) is 0 Å². The summed E-state index contributed by atoms with van der Waals surface area (Å²) in [5, 5.41) is 15.2. The summed E-state index contributed by atoms with van der Waals surface area (Å²) in [7, 11) is 0. The van der Waals surface area contributed by atoms with Crippen molar-refractivity contribution in [2.75, 3.05) is 31.1 Å². The third kappa shape index (κ3) is 5.12. The van der Waals surface area contributed by atoms with Gasteiger partial charge >= 0.3 is 0 Å². The molecule has 4 heterocycles. The quantitative estimate of drug-likeness (QED) is 0.751. The molecule has 0 aliphatic carbocycles. The Bertz CT molecular complexity index is 791. The number of nitrogens with one attached hydrogen (secondary N) is 1. The average molecular weight is 416 g/mol. The summed E-state index contributed by atoms with van der Waals surface area (Å²) < 4.78 is 0. The molecule has 156 valence electrons. The molecule has 0 bridgehead atoms. The van der Waals surface area contributed by atoms with Crippen LogP contribution >= 0.6 is 11.3 Å². The standard InChI is InChI=1S/C21H29N5O2S/c27-14-18-15-29-21(24-18)25-10-6-19(7-11-25)26-9-3-4-16(13-26)20(28)23-12-17-5-1-2-8-22-17/h1-2,5,8,15-16,19,27H,3-4,6-7,9-14H2,(H,23,28)/t16-/m0/s1. The molecule has 2 saturated heterocycles. The van der Waals surface area contributed by atoms with E-state index in [0.29, 0.717) is 12.6 Å². The van der Waals surface area contributed by atoms with Crippen LogP contribution in [0.15, 0.2) is 29.8 Å². The number of amides is 1. The van der Waals surface area contributed by atoms with Crippen LogP contribution in [-0.4, -0.2) is 58.1 Å². The molecule has 2 aliphatic heterocycles. The number of nitrogens with zero attached hydrogens (tertiary/aromatic N) is 4. The zero-order valence-electron chi connectivity index (χ0n) is 16.7. The summed E-state index contributed by atoms with van der Waals surface area (Å²) in [5.41, 5.74) is 1.65. The number of thiazole rings is 1. The molecule has 7 nitrogen and oxygen atoms in total. The molecular formula is C21H29N5O2S. The lowest BCUT2D eigenvalue weighted by molar-refractivity contribution is -0.127. The van der Waals surface area contributed by atoms with Gasteiger partial charge in [-0.15, -0.1) is 11.3 Å². The number of carbonyl (C=O) groups excluding carboxylic acids is 1. The number of anilines is 1. The van der Waals surface area contributed by atoms with E-state index < -0.39 is 0 Å². The molecule has 4 rings (SSSR count). The van der Waals surface area contributed by atoms with Gasteiger partial charge in [-0.25, -0.2) is 4.98 Å². The Morgan fingerprint density at radius 1 is 1.21 bits per heavy atom. The highest BCUT2D eigenvalue weighted by Gasteiger charge is 2.32. The molecule has 1 amide bonds. The number of carbonyl (C=O) groups is 1. The average Bonchev–Trinajstić information content (AvgIpc) is 3.28. The van der Waals surface area contributed by atoms with Crippen molar-refractivity contribution < 1.29 is 9.90 Å². The van der Waals surface area contributed by atoms with Gasteiger partial charge in [0.1, 0.15) is 0 Å². The molecule has 0 radical (unpaired) electrons. The fraction of sp³-hybridized carbons (Fsp3) is 0.571. The second-order valence-electron chi connectivity index (χ2n) is 7.87. The second kappa shape index (κ2) is 9.65. The lowest BCUT2D eigenvalue weighted by Crippen LogP contribution is -2.50. The highest BCUT2D eigenvalue weighted by atomic mass is 32.1. The fourth-order valence-electron chi connectivity index (χ4n) is 4.31. The Kier molecular flexibility index (Phi) is 6.74. The van der Waals surface area contributed by atoms with Crippen LogP contribution < -0.4 is 10.2 Å². The van der Waals surface area contributed by atoms with Gasteiger partial charge < -0.3 is 15.3 Å². The number of aromatic nitrogens is 2. The number of pyridine rings is 1. The Balaban J connectivity index is 1.26. The maximum absolute atomic E-state index is 12.7. The lowest BCUT2D eigenvalue weighted by atomic mass is 9.93. The van der Waals surface area contributed by atoms with Crippen LogP contribution in [-0.2, 0) is 17.9 Å². The lowest BCUT2D eigenvalue weighted by Gasteiger charge is -2.42. The maximum atomic E-state index is 12.7. The molecule has 2 fully saturated rings. The number of aliphatic hydroxyl groups is 1. The first-order chi connectivity index (χ1) is 14.2. The predicted octanol–water partition coefficient (Wildman–Crippen LogP) is 2.03. The zero-order valence-corrected chi connectivity index (χ0v) is 17.5. The molecule has 29 heavy (non-hydrogen) atoms. The van der Waals surface area contributed by atoms with Crippen LogP contribution in [0.5, 0.6) is 0 Å². The summed E-state index contributed by atoms with van der Waals surface area (Å²) in [6, 6.07) is 6.30. The minimum atomic E-state index is 0.00449. The maximum Gasteiger partial charge on any atom is 0.224 e. The van der Waals surface area contributed by atoms with Crippen molar-refractivity contribution >= 4 is 22.4 Å². The van der Waals surface area contributed by atoms with E-state index in [1.165, 1.54) is 0 Å². The monoisotopic (exact) mass is 415 g/mol. The molecule has 2 aromatic rings. The van der Waals surface area contributed by atoms with E-state index in [4.69, 9.17) is 0 Å². The SMILES string of the molecule is O=C(NCc1ccccn1)[C@H]1CCCN(C2CCN(c3nc(CO)cs3)CC2)C1. The van der Waals surface area contributed by atoms with Gasteiger partial charge in [-0.05, 0) is 44.4 Å². The van der Waals surface area contributed by atoms with Gasteiger partial charge in [0.25, 0.3) is 0 Å². The van der Waals surface area contributed by atoms with E-state index in [0.717, 1.165) is 68.4 Å². The van der Waals surface area contributed by atoms with Crippen molar-refractivity contribution in [1.82, 2.24) is 20.2 Å². The fourth-order valence-corrected chi connectivity index (χ4v) is 5.18. The zero-order chi connectivity index (χ0) is 20.1. The largest absolute Gasteiger partial charge is 0.390 e. The molecular weight excluding hydrogens is 386 g/mol. The van der Waals surface area contributed by atoms with Crippen LogP contribution in [0, 0.1) is 5.92 Å². The van der Waals surface area contributed by atoms with Crippen molar-refractivity contribution in [2.45, 2.75) is 44.9 Å². The summed E-state index contributed by atoms with van der Waals surface area (Å²) in [4.78, 5) is 26.3. The molecule has 2 aromatic heterocycles. The van der Waals surface area contributed by atoms with E-state index in [9.17, 15) is 9.90 Å². The number of piperidine rings is 2. The van der Waals surface area contributed by atoms with Crippen LogP contribution in [0.1, 0.15) is 37.1 Å². The first-order valence-corrected chi connectivity index (χ1v) is 11.3. The smallest absolute Gasteiger partial charge is 0.224 e. The van der Waals surface area contributed by atoms with E-state index >= 15 is 0 Å². The van der Waals surface area contributed by atoms with Gasteiger partial charge in [-0.2, -0.15) is 0 Å².